The second kappa shape index (κ2) is 6.25. The summed E-state index contributed by atoms with van der Waals surface area (Å²) >= 11 is 0. The standard InChI is InChI=1S/C18H16O6S/c1-11-15-10-14(24-25(3,20)21)8-9-16(15)23-18(19)17(11)12-4-6-13(22-2)7-5-12/h4-10H,1-3H3. The van der Waals surface area contributed by atoms with Crippen LogP contribution in [0.25, 0.3) is 22.1 Å². The zero-order valence-electron chi connectivity index (χ0n) is 13.9. The molecule has 0 N–H and O–H groups in total. The number of hydrogen-bond acceptors (Lipinski definition) is 6. The molecule has 0 atom stereocenters. The highest BCUT2D eigenvalue weighted by molar-refractivity contribution is 7.86. The lowest BCUT2D eigenvalue weighted by atomic mass is 9.99. The van der Waals surface area contributed by atoms with Gasteiger partial charge in [-0.15, -0.1) is 0 Å². The van der Waals surface area contributed by atoms with Crippen LogP contribution in [0.1, 0.15) is 5.56 Å². The van der Waals surface area contributed by atoms with Crippen molar-refractivity contribution in [2.24, 2.45) is 0 Å². The lowest BCUT2D eigenvalue weighted by molar-refractivity contribution is 0.415. The summed E-state index contributed by atoms with van der Waals surface area (Å²) in [7, 11) is -2.08. The maximum Gasteiger partial charge on any atom is 0.344 e. The Bertz CT molecular complexity index is 1090. The van der Waals surface area contributed by atoms with Crippen LogP contribution in [0.3, 0.4) is 0 Å². The van der Waals surface area contributed by atoms with E-state index in [4.69, 9.17) is 13.3 Å². The molecule has 0 unspecified atom stereocenters. The minimum atomic E-state index is -3.64. The Balaban J connectivity index is 2.20. The minimum Gasteiger partial charge on any atom is -0.497 e. The summed E-state index contributed by atoms with van der Waals surface area (Å²) in [5.41, 5.74) is 1.66. The highest BCUT2D eigenvalue weighted by Gasteiger charge is 2.15. The molecule has 0 saturated carbocycles. The van der Waals surface area contributed by atoms with E-state index in [1.54, 1.807) is 44.4 Å². The van der Waals surface area contributed by atoms with Crippen molar-refractivity contribution in [1.29, 1.82) is 0 Å². The fourth-order valence-corrected chi connectivity index (χ4v) is 3.10. The predicted molar refractivity (Wildman–Crippen MR) is 94.7 cm³/mol. The van der Waals surface area contributed by atoms with Crippen LogP contribution in [-0.2, 0) is 10.1 Å². The van der Waals surface area contributed by atoms with Gasteiger partial charge < -0.3 is 13.3 Å². The van der Waals surface area contributed by atoms with E-state index in [0.717, 1.165) is 6.26 Å². The van der Waals surface area contributed by atoms with E-state index in [0.29, 0.717) is 33.4 Å². The van der Waals surface area contributed by atoms with Crippen molar-refractivity contribution in [3.63, 3.8) is 0 Å². The molecule has 130 valence electrons. The van der Waals surface area contributed by atoms with Gasteiger partial charge in [-0.1, -0.05) is 12.1 Å². The molecule has 3 rings (SSSR count). The third-order valence-corrected chi connectivity index (χ3v) is 4.26. The zero-order chi connectivity index (χ0) is 18.2. The highest BCUT2D eigenvalue weighted by Crippen LogP contribution is 2.30. The van der Waals surface area contributed by atoms with Crippen LogP contribution in [0, 0.1) is 6.92 Å². The number of rotatable bonds is 4. The van der Waals surface area contributed by atoms with Crippen LogP contribution in [0.5, 0.6) is 11.5 Å². The van der Waals surface area contributed by atoms with Gasteiger partial charge in [-0.3, -0.25) is 0 Å². The van der Waals surface area contributed by atoms with Crippen LogP contribution < -0.4 is 14.5 Å². The lowest BCUT2D eigenvalue weighted by Gasteiger charge is -2.10. The van der Waals surface area contributed by atoms with Crippen LogP contribution in [-0.4, -0.2) is 21.8 Å². The van der Waals surface area contributed by atoms with Crippen molar-refractivity contribution in [1.82, 2.24) is 0 Å². The Labute approximate surface area is 144 Å². The normalized spacial score (nSPS) is 11.5. The summed E-state index contributed by atoms with van der Waals surface area (Å²) in [5, 5.41) is 0.603. The fraction of sp³-hybridized carbons (Fsp3) is 0.167. The van der Waals surface area contributed by atoms with Crippen LogP contribution in [0.4, 0.5) is 0 Å². The summed E-state index contributed by atoms with van der Waals surface area (Å²) in [6.45, 7) is 1.78. The SMILES string of the molecule is COc1ccc(-c2c(C)c3cc(OS(C)(=O)=O)ccc3oc2=O)cc1. The van der Waals surface area contributed by atoms with Gasteiger partial charge in [0.1, 0.15) is 17.1 Å². The van der Waals surface area contributed by atoms with Crippen molar-refractivity contribution < 1.29 is 21.8 Å². The lowest BCUT2D eigenvalue weighted by Crippen LogP contribution is -2.07. The Hall–Kier alpha value is -2.80. The van der Waals surface area contributed by atoms with Crippen LogP contribution >= 0.6 is 0 Å². The van der Waals surface area contributed by atoms with Crippen LogP contribution in [0.2, 0.25) is 0 Å². The molecule has 6 nitrogen and oxygen atoms in total. The van der Waals surface area contributed by atoms with Crippen molar-refractivity contribution in [2.75, 3.05) is 13.4 Å². The molecule has 2 aromatic carbocycles. The van der Waals surface area contributed by atoms with Gasteiger partial charge in [-0.05, 0) is 48.4 Å². The second-order valence-corrected chi connectivity index (χ2v) is 7.14. The summed E-state index contributed by atoms with van der Waals surface area (Å²) in [6, 6.07) is 11.5. The molecular formula is C18H16O6S. The Kier molecular flexibility index (Phi) is 4.26. The average molecular weight is 360 g/mol. The Morgan fingerprint density at radius 1 is 1.00 bits per heavy atom. The molecule has 0 spiro atoms. The van der Waals surface area contributed by atoms with E-state index in [-0.39, 0.29) is 5.75 Å². The molecule has 0 aliphatic rings. The molecule has 25 heavy (non-hydrogen) atoms. The number of benzene rings is 2. The van der Waals surface area contributed by atoms with E-state index in [1.165, 1.54) is 12.1 Å². The predicted octanol–water partition coefficient (Wildman–Crippen LogP) is 3.12. The van der Waals surface area contributed by atoms with E-state index in [1.807, 2.05) is 0 Å². The van der Waals surface area contributed by atoms with Gasteiger partial charge in [0.15, 0.2) is 0 Å². The summed E-state index contributed by atoms with van der Waals surface area (Å²) < 4.78 is 38.0. The first-order valence-corrected chi connectivity index (χ1v) is 9.21. The fourth-order valence-electron chi connectivity index (χ4n) is 2.65. The molecule has 0 aliphatic heterocycles. The molecule has 0 fully saturated rings. The Morgan fingerprint density at radius 3 is 2.24 bits per heavy atom. The van der Waals surface area contributed by atoms with E-state index < -0.39 is 15.7 Å². The molecule has 0 amide bonds. The van der Waals surface area contributed by atoms with E-state index in [2.05, 4.69) is 0 Å². The molecule has 0 radical (unpaired) electrons. The topological polar surface area (TPSA) is 82.8 Å². The first kappa shape index (κ1) is 17.0. The largest absolute Gasteiger partial charge is 0.497 e. The van der Waals surface area contributed by atoms with Crippen molar-refractivity contribution in [3.8, 4) is 22.6 Å². The van der Waals surface area contributed by atoms with Gasteiger partial charge in [0.2, 0.25) is 0 Å². The third kappa shape index (κ3) is 3.51. The first-order valence-electron chi connectivity index (χ1n) is 7.40. The van der Waals surface area contributed by atoms with E-state index >= 15 is 0 Å². The average Bonchev–Trinajstić information content (AvgIpc) is 2.55. The van der Waals surface area contributed by atoms with Crippen LogP contribution in [0.15, 0.2) is 51.7 Å². The minimum absolute atomic E-state index is 0.160. The molecule has 1 aromatic heterocycles. The van der Waals surface area contributed by atoms with Crippen molar-refractivity contribution in [3.05, 3.63) is 58.4 Å². The highest BCUT2D eigenvalue weighted by atomic mass is 32.2. The summed E-state index contributed by atoms with van der Waals surface area (Å²) in [4.78, 5) is 12.4. The number of hydrogen-bond donors (Lipinski definition) is 0. The second-order valence-electron chi connectivity index (χ2n) is 5.56. The smallest absolute Gasteiger partial charge is 0.344 e. The van der Waals surface area contributed by atoms with E-state index in [9.17, 15) is 13.2 Å². The third-order valence-electron chi connectivity index (χ3n) is 3.76. The molecule has 0 aliphatic carbocycles. The maximum atomic E-state index is 12.4. The van der Waals surface area contributed by atoms with Gasteiger partial charge in [0, 0.05) is 5.39 Å². The summed E-state index contributed by atoms with van der Waals surface area (Å²) in [6.07, 6.45) is 0.970. The monoisotopic (exact) mass is 360 g/mol. The molecule has 0 saturated heterocycles. The molecule has 0 bridgehead atoms. The number of ether oxygens (including phenoxy) is 1. The van der Waals surface area contributed by atoms with Crippen molar-refractivity contribution in [2.45, 2.75) is 6.92 Å². The van der Waals surface area contributed by atoms with Gasteiger partial charge in [-0.25, -0.2) is 4.79 Å². The Morgan fingerprint density at radius 2 is 1.64 bits per heavy atom. The first-order chi connectivity index (χ1) is 11.8. The molecule has 1 heterocycles. The van der Waals surface area contributed by atoms with Gasteiger partial charge in [0.25, 0.3) is 0 Å². The van der Waals surface area contributed by atoms with Gasteiger partial charge in [-0.2, -0.15) is 8.42 Å². The van der Waals surface area contributed by atoms with Crippen molar-refractivity contribution >= 4 is 21.1 Å². The number of methoxy groups -OCH3 is 1. The quantitative estimate of drug-likeness (QED) is 0.525. The molecule has 7 heteroatoms. The summed E-state index contributed by atoms with van der Waals surface area (Å²) in [5.74, 6) is 0.836. The number of aryl methyl sites for hydroxylation is 1. The number of fused-ring (bicyclic) bond motifs is 1. The zero-order valence-corrected chi connectivity index (χ0v) is 14.7. The molecule has 3 aromatic rings. The maximum absolute atomic E-state index is 12.4. The molecular weight excluding hydrogens is 344 g/mol. The van der Waals surface area contributed by atoms with Gasteiger partial charge >= 0.3 is 15.7 Å². The van der Waals surface area contributed by atoms with Gasteiger partial charge in [0.05, 0.1) is 18.9 Å².